The van der Waals surface area contributed by atoms with E-state index < -0.39 is 11.7 Å². The third-order valence-electron chi connectivity index (χ3n) is 4.85. The number of hydrogen-bond acceptors (Lipinski definition) is 4. The smallest absolute Gasteiger partial charge is 0.348 e. The molecule has 3 unspecified atom stereocenters. The lowest BCUT2D eigenvalue weighted by Crippen LogP contribution is -2.42. The van der Waals surface area contributed by atoms with Crippen LogP contribution in [0.15, 0.2) is 44.8 Å². The minimum atomic E-state index is -4.31. The molecule has 2 aromatic rings. The van der Waals surface area contributed by atoms with Gasteiger partial charge in [-0.25, -0.2) is 0 Å². The Morgan fingerprint density at radius 1 is 1.23 bits per heavy atom. The minimum Gasteiger partial charge on any atom is -0.348 e. The lowest BCUT2D eigenvalue weighted by molar-refractivity contribution is -0.137. The third-order valence-corrected chi connectivity index (χ3v) is 6.94. The van der Waals surface area contributed by atoms with Crippen LogP contribution in [0.3, 0.4) is 0 Å². The second-order valence-corrected chi connectivity index (χ2v) is 8.93. The molecule has 0 spiro atoms. The van der Waals surface area contributed by atoms with Crippen LogP contribution in [0.4, 0.5) is 13.2 Å². The van der Waals surface area contributed by atoms with Crippen LogP contribution in [-0.4, -0.2) is 24.0 Å². The second kappa shape index (κ2) is 6.90. The number of benzene rings is 1. The zero-order chi connectivity index (χ0) is 18.3. The molecule has 4 rings (SSSR count). The van der Waals surface area contributed by atoms with Crippen LogP contribution in [0.1, 0.15) is 35.2 Å². The highest BCUT2D eigenvalue weighted by atomic mass is 32.2. The number of halogens is 3. The minimum absolute atomic E-state index is 0.101. The molecule has 1 aromatic heterocycles. The number of alkyl halides is 3. The molecule has 138 valence electrons. The van der Waals surface area contributed by atoms with Gasteiger partial charge in [-0.05, 0) is 49.6 Å². The van der Waals surface area contributed by atoms with Crippen molar-refractivity contribution in [2.24, 2.45) is 0 Å². The summed E-state index contributed by atoms with van der Waals surface area (Å²) in [5, 5.41) is 7.69. The Balaban J connectivity index is 1.37. The normalized spacial score (nSPS) is 24.8. The van der Waals surface area contributed by atoms with Gasteiger partial charge < -0.3 is 10.6 Å². The highest BCUT2D eigenvalue weighted by Crippen LogP contribution is 2.38. The zero-order valence-electron chi connectivity index (χ0n) is 13.7. The number of carbonyl (C=O) groups excluding carboxylic acids is 1. The van der Waals surface area contributed by atoms with Crippen LogP contribution < -0.4 is 10.6 Å². The second-order valence-electron chi connectivity index (χ2n) is 6.64. The SMILES string of the molecule is O=C(NC1CC2CCC1N2)c1ccc(Sc2cc(C(F)(F)F)cs2)cc1. The number of hydrogen-bond donors (Lipinski definition) is 2. The zero-order valence-corrected chi connectivity index (χ0v) is 15.3. The molecule has 1 amide bonds. The van der Waals surface area contributed by atoms with Gasteiger partial charge in [-0.3, -0.25) is 4.79 Å². The van der Waals surface area contributed by atoms with Crippen molar-refractivity contribution < 1.29 is 18.0 Å². The number of rotatable bonds is 4. The van der Waals surface area contributed by atoms with Gasteiger partial charge in [-0.2, -0.15) is 13.2 Å². The molecular formula is C18H17F3N2OS2. The largest absolute Gasteiger partial charge is 0.417 e. The van der Waals surface area contributed by atoms with Gasteiger partial charge in [-0.15, -0.1) is 11.3 Å². The van der Waals surface area contributed by atoms with Crippen molar-refractivity contribution in [1.29, 1.82) is 0 Å². The van der Waals surface area contributed by atoms with Crippen LogP contribution in [0.5, 0.6) is 0 Å². The van der Waals surface area contributed by atoms with Gasteiger partial charge in [0, 0.05) is 34.0 Å². The Morgan fingerprint density at radius 3 is 2.58 bits per heavy atom. The van der Waals surface area contributed by atoms with Gasteiger partial charge in [0.25, 0.3) is 5.91 Å². The highest BCUT2D eigenvalue weighted by molar-refractivity contribution is 8.01. The van der Waals surface area contributed by atoms with Crippen molar-refractivity contribution in [3.05, 3.63) is 46.8 Å². The monoisotopic (exact) mass is 398 g/mol. The van der Waals surface area contributed by atoms with E-state index in [1.807, 2.05) is 0 Å². The number of thiophene rings is 1. The van der Waals surface area contributed by atoms with Gasteiger partial charge >= 0.3 is 6.18 Å². The van der Waals surface area contributed by atoms with E-state index in [2.05, 4.69) is 10.6 Å². The number of carbonyl (C=O) groups is 1. The fourth-order valence-electron chi connectivity index (χ4n) is 3.54. The van der Waals surface area contributed by atoms with Crippen molar-refractivity contribution in [3.63, 3.8) is 0 Å². The standard InChI is InChI=1S/C18H17F3N2OS2/c19-18(20,21)11-7-16(25-9-11)26-13-4-1-10(2-5-13)17(24)23-15-8-12-3-6-14(15)22-12/h1-2,4-5,7,9,12,14-15,22H,3,6,8H2,(H,23,24). The summed E-state index contributed by atoms with van der Waals surface area (Å²) < 4.78 is 38.5. The van der Waals surface area contributed by atoms with E-state index in [0.29, 0.717) is 21.9 Å². The summed E-state index contributed by atoms with van der Waals surface area (Å²) in [4.78, 5) is 13.2. The van der Waals surface area contributed by atoms with Gasteiger partial charge in [0.2, 0.25) is 0 Å². The van der Waals surface area contributed by atoms with Crippen LogP contribution in [0.2, 0.25) is 0 Å². The molecule has 2 bridgehead atoms. The van der Waals surface area contributed by atoms with Crippen molar-refractivity contribution >= 4 is 29.0 Å². The quantitative estimate of drug-likeness (QED) is 0.795. The highest BCUT2D eigenvalue weighted by Gasteiger charge is 2.39. The van der Waals surface area contributed by atoms with Gasteiger partial charge in [-0.1, -0.05) is 11.8 Å². The maximum atomic E-state index is 12.7. The summed E-state index contributed by atoms with van der Waals surface area (Å²) in [5.41, 5.74) is -0.0558. The predicted molar refractivity (Wildman–Crippen MR) is 95.7 cm³/mol. The van der Waals surface area contributed by atoms with Crippen LogP contribution in [-0.2, 0) is 6.18 Å². The Labute approximate surface area is 157 Å². The fourth-order valence-corrected chi connectivity index (χ4v) is 5.50. The van der Waals surface area contributed by atoms with Crippen molar-refractivity contribution in [2.45, 2.75) is 52.7 Å². The van der Waals surface area contributed by atoms with E-state index in [1.165, 1.54) is 18.2 Å². The molecule has 2 N–H and O–H groups in total. The molecule has 0 saturated carbocycles. The molecule has 1 aromatic carbocycles. The van der Waals surface area contributed by atoms with E-state index in [4.69, 9.17) is 0 Å². The van der Waals surface area contributed by atoms with E-state index in [-0.39, 0.29) is 11.9 Å². The first-order valence-corrected chi connectivity index (χ1v) is 10.1. The number of amides is 1. The predicted octanol–water partition coefficient (Wildman–Crippen LogP) is 4.54. The molecule has 2 fully saturated rings. The number of nitrogens with one attached hydrogen (secondary N) is 2. The maximum Gasteiger partial charge on any atom is 0.417 e. The molecule has 2 aliphatic heterocycles. The first-order chi connectivity index (χ1) is 12.4. The molecule has 0 aliphatic carbocycles. The summed E-state index contributed by atoms with van der Waals surface area (Å²) in [5.74, 6) is -0.101. The van der Waals surface area contributed by atoms with Crippen LogP contribution in [0.25, 0.3) is 0 Å². The molecule has 26 heavy (non-hydrogen) atoms. The molecule has 2 aliphatic rings. The molecule has 2 saturated heterocycles. The summed E-state index contributed by atoms with van der Waals surface area (Å²) in [6.07, 6.45) is -1.05. The molecule has 3 nitrogen and oxygen atoms in total. The molecule has 8 heteroatoms. The molecular weight excluding hydrogens is 381 g/mol. The average Bonchev–Trinajstić information content (AvgIpc) is 3.31. The average molecular weight is 398 g/mol. The van der Waals surface area contributed by atoms with Gasteiger partial charge in [0.1, 0.15) is 0 Å². The molecule has 3 heterocycles. The van der Waals surface area contributed by atoms with Crippen molar-refractivity contribution in [1.82, 2.24) is 10.6 Å². The van der Waals surface area contributed by atoms with E-state index >= 15 is 0 Å². The lowest BCUT2D eigenvalue weighted by Gasteiger charge is -2.21. The third kappa shape index (κ3) is 3.77. The summed E-state index contributed by atoms with van der Waals surface area (Å²) in [6.45, 7) is 0. The summed E-state index contributed by atoms with van der Waals surface area (Å²) >= 11 is 2.33. The first kappa shape index (κ1) is 17.9. The van der Waals surface area contributed by atoms with Crippen LogP contribution >= 0.6 is 23.1 Å². The Kier molecular flexibility index (Phi) is 4.75. The number of fused-ring (bicyclic) bond motifs is 2. The summed E-state index contributed by atoms with van der Waals surface area (Å²) in [7, 11) is 0. The van der Waals surface area contributed by atoms with E-state index in [0.717, 1.165) is 40.5 Å². The summed E-state index contributed by atoms with van der Waals surface area (Å²) in [6, 6.07) is 9.21. The lowest BCUT2D eigenvalue weighted by atomic mass is 9.95. The maximum absolute atomic E-state index is 12.7. The van der Waals surface area contributed by atoms with Crippen molar-refractivity contribution in [3.8, 4) is 0 Å². The van der Waals surface area contributed by atoms with Gasteiger partial charge in [0.15, 0.2) is 0 Å². The van der Waals surface area contributed by atoms with Crippen molar-refractivity contribution in [2.75, 3.05) is 0 Å². The van der Waals surface area contributed by atoms with E-state index in [9.17, 15) is 18.0 Å². The topological polar surface area (TPSA) is 41.1 Å². The van der Waals surface area contributed by atoms with Crippen LogP contribution in [0, 0.1) is 0 Å². The molecule has 0 radical (unpaired) electrons. The molecule has 3 atom stereocenters. The van der Waals surface area contributed by atoms with E-state index in [1.54, 1.807) is 24.3 Å². The Morgan fingerprint density at radius 2 is 2.00 bits per heavy atom. The fraction of sp³-hybridized carbons (Fsp3) is 0.389. The Hall–Kier alpha value is -1.51. The first-order valence-electron chi connectivity index (χ1n) is 8.39. The van der Waals surface area contributed by atoms with Gasteiger partial charge in [0.05, 0.1) is 9.77 Å². The Bertz CT molecular complexity index is 804.